The Kier molecular flexibility index (Phi) is 8.05. The second-order valence-electron chi connectivity index (χ2n) is 7.39. The van der Waals surface area contributed by atoms with Crippen LogP contribution < -0.4 is 23.8 Å². The molecule has 0 aromatic heterocycles. The molecule has 3 rings (SSSR count). The third kappa shape index (κ3) is 5.36. The van der Waals surface area contributed by atoms with Crippen LogP contribution in [0.15, 0.2) is 65.6 Å². The van der Waals surface area contributed by atoms with Crippen LogP contribution in [0.3, 0.4) is 0 Å². The summed E-state index contributed by atoms with van der Waals surface area (Å²) in [5, 5.41) is 2.66. The van der Waals surface area contributed by atoms with E-state index >= 15 is 0 Å². The minimum absolute atomic E-state index is 0.0745. The SMILES string of the molecule is COC(=O)c1cc(OC)c(OC)cc1NC(=O)c1ccc(N(C)S(=O)(=O)c2ccc(OC)cc2)cc1. The summed E-state index contributed by atoms with van der Waals surface area (Å²) < 4.78 is 47.4. The van der Waals surface area contributed by atoms with Crippen LogP contribution in [0.2, 0.25) is 0 Å². The molecule has 3 aromatic rings. The van der Waals surface area contributed by atoms with E-state index in [4.69, 9.17) is 18.9 Å². The summed E-state index contributed by atoms with van der Waals surface area (Å²) >= 11 is 0. The lowest BCUT2D eigenvalue weighted by Crippen LogP contribution is -2.26. The number of amides is 1. The predicted molar refractivity (Wildman–Crippen MR) is 134 cm³/mol. The predicted octanol–water partition coefficient (Wildman–Crippen LogP) is 3.58. The van der Waals surface area contributed by atoms with E-state index in [1.807, 2.05) is 0 Å². The average molecular weight is 515 g/mol. The molecule has 0 bridgehead atoms. The Morgan fingerprint density at radius 2 is 1.39 bits per heavy atom. The van der Waals surface area contributed by atoms with E-state index in [2.05, 4.69) is 5.32 Å². The lowest BCUT2D eigenvalue weighted by molar-refractivity contribution is 0.0601. The Morgan fingerprint density at radius 3 is 1.92 bits per heavy atom. The number of ether oxygens (including phenoxy) is 4. The minimum atomic E-state index is -3.83. The molecule has 190 valence electrons. The summed E-state index contributed by atoms with van der Waals surface area (Å²) in [6.07, 6.45) is 0. The lowest BCUT2D eigenvalue weighted by Gasteiger charge is -2.20. The van der Waals surface area contributed by atoms with E-state index in [-0.39, 0.29) is 21.7 Å². The van der Waals surface area contributed by atoms with Crippen molar-refractivity contribution in [3.05, 3.63) is 71.8 Å². The topological polar surface area (TPSA) is 120 Å². The van der Waals surface area contributed by atoms with Crippen molar-refractivity contribution in [2.75, 3.05) is 45.1 Å². The molecular weight excluding hydrogens is 488 g/mol. The van der Waals surface area contributed by atoms with Gasteiger partial charge in [0, 0.05) is 24.7 Å². The molecule has 0 saturated heterocycles. The van der Waals surface area contributed by atoms with Gasteiger partial charge in [-0.15, -0.1) is 0 Å². The smallest absolute Gasteiger partial charge is 0.340 e. The van der Waals surface area contributed by atoms with Gasteiger partial charge >= 0.3 is 5.97 Å². The van der Waals surface area contributed by atoms with E-state index in [9.17, 15) is 18.0 Å². The number of esters is 1. The zero-order valence-corrected chi connectivity index (χ0v) is 21.2. The number of benzene rings is 3. The summed E-state index contributed by atoms with van der Waals surface area (Å²) in [6, 6.07) is 14.8. The Balaban J connectivity index is 1.85. The van der Waals surface area contributed by atoms with E-state index < -0.39 is 21.9 Å². The number of sulfonamides is 1. The standard InChI is InChI=1S/C25H26N2O8S/c1-27(36(30,31)19-12-10-18(32-2)11-13-19)17-8-6-16(7-9-17)24(28)26-21-15-23(34-4)22(33-3)14-20(21)25(29)35-5/h6-15H,1-5H3,(H,26,28). The summed E-state index contributed by atoms with van der Waals surface area (Å²) in [5.74, 6) is -0.0640. The first kappa shape index (κ1) is 26.4. The highest BCUT2D eigenvalue weighted by Crippen LogP contribution is 2.34. The van der Waals surface area contributed by atoms with Gasteiger partial charge in [-0.2, -0.15) is 0 Å². The summed E-state index contributed by atoms with van der Waals surface area (Å²) in [5.41, 5.74) is 0.821. The maximum absolute atomic E-state index is 13.0. The van der Waals surface area contributed by atoms with Crippen LogP contribution in [0, 0.1) is 0 Å². The normalized spacial score (nSPS) is 10.8. The number of hydrogen-bond donors (Lipinski definition) is 1. The molecule has 0 aliphatic heterocycles. The molecule has 0 aliphatic carbocycles. The summed E-state index contributed by atoms with van der Waals surface area (Å²) in [6.45, 7) is 0. The van der Waals surface area contributed by atoms with Crippen LogP contribution in [0.1, 0.15) is 20.7 Å². The van der Waals surface area contributed by atoms with E-state index in [1.54, 1.807) is 12.1 Å². The zero-order valence-electron chi connectivity index (χ0n) is 20.4. The van der Waals surface area contributed by atoms with Gasteiger partial charge in [0.25, 0.3) is 15.9 Å². The van der Waals surface area contributed by atoms with Gasteiger partial charge in [-0.3, -0.25) is 9.10 Å². The number of carbonyl (C=O) groups excluding carboxylic acids is 2. The van der Waals surface area contributed by atoms with Crippen molar-refractivity contribution in [3.8, 4) is 17.2 Å². The average Bonchev–Trinajstić information content (AvgIpc) is 2.91. The molecule has 3 aromatic carbocycles. The molecule has 1 amide bonds. The van der Waals surface area contributed by atoms with Gasteiger partial charge in [0.15, 0.2) is 11.5 Å². The van der Waals surface area contributed by atoms with Crippen LogP contribution in [0.4, 0.5) is 11.4 Å². The first-order valence-corrected chi connectivity index (χ1v) is 12.0. The van der Waals surface area contributed by atoms with Gasteiger partial charge < -0.3 is 24.3 Å². The molecule has 0 radical (unpaired) electrons. The number of carbonyl (C=O) groups is 2. The zero-order chi connectivity index (χ0) is 26.5. The molecule has 0 heterocycles. The number of nitrogens with one attached hydrogen (secondary N) is 1. The van der Waals surface area contributed by atoms with Crippen molar-refractivity contribution < 1.29 is 37.0 Å². The second kappa shape index (κ2) is 11.0. The highest BCUT2D eigenvalue weighted by molar-refractivity contribution is 7.92. The maximum Gasteiger partial charge on any atom is 0.340 e. The van der Waals surface area contributed by atoms with Crippen molar-refractivity contribution in [1.29, 1.82) is 0 Å². The number of methoxy groups -OCH3 is 4. The van der Waals surface area contributed by atoms with Gasteiger partial charge in [-0.1, -0.05) is 0 Å². The molecule has 0 fully saturated rings. The molecule has 36 heavy (non-hydrogen) atoms. The number of rotatable bonds is 9. The van der Waals surface area contributed by atoms with E-state index in [1.165, 1.54) is 84.0 Å². The fourth-order valence-electron chi connectivity index (χ4n) is 3.32. The van der Waals surface area contributed by atoms with Gasteiger partial charge in [0.05, 0.1) is 50.3 Å². The maximum atomic E-state index is 13.0. The van der Waals surface area contributed by atoms with Crippen molar-refractivity contribution in [2.24, 2.45) is 0 Å². The quantitative estimate of drug-likeness (QED) is 0.430. The fourth-order valence-corrected chi connectivity index (χ4v) is 4.52. The Bertz CT molecular complexity index is 1350. The molecule has 1 N–H and O–H groups in total. The Hall–Kier alpha value is -4.25. The number of hydrogen-bond acceptors (Lipinski definition) is 8. The largest absolute Gasteiger partial charge is 0.497 e. The van der Waals surface area contributed by atoms with Crippen LogP contribution in [0.5, 0.6) is 17.2 Å². The van der Waals surface area contributed by atoms with Gasteiger partial charge in [-0.05, 0) is 48.5 Å². The molecule has 0 saturated carbocycles. The Labute approximate surface area is 209 Å². The van der Waals surface area contributed by atoms with Crippen molar-refractivity contribution in [1.82, 2.24) is 0 Å². The summed E-state index contributed by atoms with van der Waals surface area (Å²) in [4.78, 5) is 25.3. The van der Waals surface area contributed by atoms with Crippen molar-refractivity contribution >= 4 is 33.3 Å². The fraction of sp³-hybridized carbons (Fsp3) is 0.200. The Morgan fingerprint density at radius 1 is 0.806 bits per heavy atom. The molecule has 11 heteroatoms. The van der Waals surface area contributed by atoms with Gasteiger partial charge in [0.1, 0.15) is 5.75 Å². The van der Waals surface area contributed by atoms with Crippen LogP contribution in [-0.4, -0.2) is 55.8 Å². The van der Waals surface area contributed by atoms with Crippen LogP contribution in [0.25, 0.3) is 0 Å². The molecule has 0 spiro atoms. The first-order valence-electron chi connectivity index (χ1n) is 10.5. The van der Waals surface area contributed by atoms with Crippen LogP contribution in [-0.2, 0) is 14.8 Å². The summed E-state index contributed by atoms with van der Waals surface area (Å²) in [7, 11) is 3.15. The number of nitrogens with zero attached hydrogens (tertiary/aromatic N) is 1. The minimum Gasteiger partial charge on any atom is -0.497 e. The highest BCUT2D eigenvalue weighted by atomic mass is 32.2. The third-order valence-corrected chi connectivity index (χ3v) is 7.19. The molecule has 10 nitrogen and oxygen atoms in total. The second-order valence-corrected chi connectivity index (χ2v) is 9.36. The third-order valence-electron chi connectivity index (χ3n) is 5.39. The highest BCUT2D eigenvalue weighted by Gasteiger charge is 2.23. The van der Waals surface area contributed by atoms with E-state index in [0.29, 0.717) is 22.9 Å². The molecule has 0 unspecified atom stereocenters. The lowest BCUT2D eigenvalue weighted by atomic mass is 10.1. The van der Waals surface area contributed by atoms with Crippen LogP contribution >= 0.6 is 0 Å². The molecular formula is C25H26N2O8S. The molecule has 0 aliphatic rings. The van der Waals surface area contributed by atoms with Gasteiger partial charge in [0.2, 0.25) is 0 Å². The number of anilines is 2. The monoisotopic (exact) mass is 514 g/mol. The molecule has 0 atom stereocenters. The van der Waals surface area contributed by atoms with Gasteiger partial charge in [-0.25, -0.2) is 13.2 Å². The first-order chi connectivity index (χ1) is 17.2. The van der Waals surface area contributed by atoms with Crippen molar-refractivity contribution in [2.45, 2.75) is 4.90 Å². The van der Waals surface area contributed by atoms with Crippen molar-refractivity contribution in [3.63, 3.8) is 0 Å². The van der Waals surface area contributed by atoms with E-state index in [0.717, 1.165) is 4.31 Å².